The average molecular weight is 685 g/mol. The number of ether oxygens (including phenoxy) is 4. The highest BCUT2D eigenvalue weighted by molar-refractivity contribution is 8.01. The van der Waals surface area contributed by atoms with E-state index in [0.717, 1.165) is 42.6 Å². The quantitative estimate of drug-likeness (QED) is 0.161. The van der Waals surface area contributed by atoms with E-state index in [4.69, 9.17) is 30.5 Å². The Kier molecular flexibility index (Phi) is 9.57. The summed E-state index contributed by atoms with van der Waals surface area (Å²) >= 11 is 7.34. The molecule has 2 aliphatic rings. The first-order valence-electron chi connectivity index (χ1n) is 13.2. The molecule has 2 amide bonds. The van der Waals surface area contributed by atoms with E-state index in [1.165, 1.54) is 7.11 Å². The highest BCUT2D eigenvalue weighted by Gasteiger charge is 2.74. The summed E-state index contributed by atoms with van der Waals surface area (Å²) in [4.78, 5) is 64.7. The second-order valence-corrected chi connectivity index (χ2v) is 14.2. The fourth-order valence-corrected chi connectivity index (χ4v) is 8.09. The molecule has 0 unspecified atom stereocenters. The number of amides is 2. The van der Waals surface area contributed by atoms with Gasteiger partial charge in [0.2, 0.25) is 5.91 Å². The molecule has 14 nitrogen and oxygen atoms in total. The maximum absolute atomic E-state index is 13.5. The van der Waals surface area contributed by atoms with Gasteiger partial charge in [-0.3, -0.25) is 28.6 Å². The molecule has 2 heterocycles. The van der Waals surface area contributed by atoms with Gasteiger partial charge < -0.3 is 24.3 Å². The molecule has 45 heavy (non-hydrogen) atoms. The van der Waals surface area contributed by atoms with Crippen molar-refractivity contribution in [1.29, 1.82) is 0 Å². The van der Waals surface area contributed by atoms with Crippen molar-refractivity contribution in [2.24, 2.45) is 0 Å². The number of methoxy groups -OCH3 is 1. The Bertz CT molecular complexity index is 1670. The molecule has 2 aliphatic heterocycles. The van der Waals surface area contributed by atoms with Crippen LogP contribution in [0.5, 0.6) is 11.5 Å². The zero-order valence-electron chi connectivity index (χ0n) is 24.6. The minimum absolute atomic E-state index is 0.0965. The molecule has 2 saturated heterocycles. The summed E-state index contributed by atoms with van der Waals surface area (Å²) in [5, 5.41) is -1.43. The summed E-state index contributed by atoms with van der Waals surface area (Å²) in [6, 6.07) is 9.27. The summed E-state index contributed by atoms with van der Waals surface area (Å²) in [5.41, 5.74) is -1.74. The maximum Gasteiger partial charge on any atom is 0.361 e. The number of β-lactam (4-membered cyclic amide) rings is 1. The van der Waals surface area contributed by atoms with Crippen LogP contribution >= 0.6 is 23.4 Å². The number of halogens is 1. The summed E-state index contributed by atoms with van der Waals surface area (Å²) in [6.07, 6.45) is 0. The highest BCUT2D eigenvalue weighted by Crippen LogP contribution is 2.57. The molecule has 242 valence electrons. The van der Waals surface area contributed by atoms with Crippen molar-refractivity contribution in [3.05, 3.63) is 58.6 Å². The molecule has 2 aromatic rings. The van der Waals surface area contributed by atoms with Gasteiger partial charge in [0.1, 0.15) is 18.0 Å². The van der Waals surface area contributed by atoms with Crippen molar-refractivity contribution < 1.29 is 55.9 Å². The number of hydrogen-bond donors (Lipinski definition) is 2. The van der Waals surface area contributed by atoms with Crippen molar-refractivity contribution in [3.8, 4) is 11.5 Å². The van der Waals surface area contributed by atoms with Crippen molar-refractivity contribution in [2.45, 2.75) is 61.4 Å². The number of nitrogens with one attached hydrogen (secondary N) is 1. The summed E-state index contributed by atoms with van der Waals surface area (Å²) < 4.78 is 55.1. The predicted octanol–water partition coefficient (Wildman–Crippen LogP) is 2.38. The fraction of sp³-hybridized carbons (Fsp3) is 0.393. The summed E-state index contributed by atoms with van der Waals surface area (Å²) in [5.74, 6) is -5.50. The SMILES string of the molecule is CO[C@@]1(C(=O)OCc2ccccc2)N2C(=O)[C@H](NC(=O)[C@@H](c3cc(OC(C)=O)c(OC(C)=O)cc3Cl)S(=O)(=O)O)[C@H]2SC1(C)C. The minimum Gasteiger partial charge on any atom is -0.457 e. The Morgan fingerprint density at radius 1 is 1.07 bits per heavy atom. The molecule has 0 aromatic heterocycles. The van der Waals surface area contributed by atoms with Crippen molar-refractivity contribution in [2.75, 3.05) is 7.11 Å². The third kappa shape index (κ3) is 6.37. The minimum atomic E-state index is -5.26. The second-order valence-electron chi connectivity index (χ2n) is 10.5. The average Bonchev–Trinajstić information content (AvgIpc) is 3.16. The van der Waals surface area contributed by atoms with Crippen LogP contribution in [0.15, 0.2) is 42.5 Å². The number of fused-ring (bicyclic) bond motifs is 1. The molecule has 0 spiro atoms. The number of thioether (sulfide) groups is 1. The lowest BCUT2D eigenvalue weighted by atomic mass is 9.91. The van der Waals surface area contributed by atoms with Gasteiger partial charge >= 0.3 is 17.9 Å². The molecule has 17 heteroatoms. The van der Waals surface area contributed by atoms with Gasteiger partial charge in [0, 0.05) is 37.6 Å². The van der Waals surface area contributed by atoms with Gasteiger partial charge in [0.15, 0.2) is 16.7 Å². The molecule has 0 radical (unpaired) electrons. The van der Waals surface area contributed by atoms with E-state index in [1.807, 2.05) is 0 Å². The zero-order valence-corrected chi connectivity index (χ0v) is 26.9. The molecule has 4 atom stereocenters. The van der Waals surface area contributed by atoms with Crippen molar-refractivity contribution in [1.82, 2.24) is 10.2 Å². The van der Waals surface area contributed by atoms with Crippen LogP contribution in [0.1, 0.15) is 44.1 Å². The third-order valence-corrected chi connectivity index (χ3v) is 10.1. The lowest BCUT2D eigenvalue weighted by molar-refractivity contribution is -0.216. The lowest BCUT2D eigenvalue weighted by Gasteiger charge is -2.49. The number of esters is 3. The van der Waals surface area contributed by atoms with E-state index in [0.29, 0.717) is 5.56 Å². The third-order valence-electron chi connectivity index (χ3n) is 7.09. The number of hydrogen-bond acceptors (Lipinski definition) is 12. The molecular weight excluding hydrogens is 656 g/mol. The highest BCUT2D eigenvalue weighted by atomic mass is 35.5. The van der Waals surface area contributed by atoms with E-state index >= 15 is 0 Å². The van der Waals surface area contributed by atoms with Crippen LogP contribution in [0.2, 0.25) is 5.02 Å². The van der Waals surface area contributed by atoms with Crippen LogP contribution in [0, 0.1) is 0 Å². The predicted molar refractivity (Wildman–Crippen MR) is 159 cm³/mol. The topological polar surface area (TPSA) is 192 Å². The second kappa shape index (κ2) is 12.6. The van der Waals surface area contributed by atoms with Gasteiger partial charge in [-0.1, -0.05) is 41.9 Å². The maximum atomic E-state index is 13.5. The zero-order chi connectivity index (χ0) is 33.5. The number of carbonyl (C=O) groups is 5. The summed E-state index contributed by atoms with van der Waals surface area (Å²) in [6.45, 7) is 5.27. The Labute approximate surface area is 267 Å². The molecule has 2 N–H and O–H groups in total. The molecule has 0 saturated carbocycles. The number of carbonyl (C=O) groups excluding carboxylic acids is 5. The van der Waals surface area contributed by atoms with Crippen LogP contribution in [-0.4, -0.2) is 76.6 Å². The first kappa shape index (κ1) is 34.2. The fourth-order valence-electron chi connectivity index (χ4n) is 5.20. The Balaban J connectivity index is 1.62. The molecular formula is C28H29ClN2O12S2. The Morgan fingerprint density at radius 3 is 2.18 bits per heavy atom. The number of benzene rings is 2. The molecule has 4 rings (SSSR count). The van der Waals surface area contributed by atoms with E-state index in [1.54, 1.807) is 44.2 Å². The van der Waals surface area contributed by atoms with Crippen LogP contribution < -0.4 is 14.8 Å². The standard InChI is InChI=1S/C28H29ClN2O12S2/c1-14(32)42-19-11-17(18(29)12-20(19)43-15(2)33)22(45(37,38)39)23(34)30-21-24(35)31-25(21)44-27(3,4)28(31,40-5)26(36)41-13-16-9-7-6-8-10-16/h6-12,21-22,25H,13H2,1-5H3,(H,30,34)(H,37,38,39)/t21-,22+,25+,28+/m0/s1. The van der Waals surface area contributed by atoms with E-state index < -0.39 is 83.3 Å². The summed E-state index contributed by atoms with van der Waals surface area (Å²) in [7, 11) is -4.02. The number of nitrogens with zero attached hydrogens (tertiary/aromatic N) is 1. The lowest BCUT2D eigenvalue weighted by Crippen LogP contribution is -2.76. The first-order valence-corrected chi connectivity index (χ1v) is 15.9. The molecule has 0 aliphatic carbocycles. The van der Waals surface area contributed by atoms with Gasteiger partial charge in [0.25, 0.3) is 21.8 Å². The van der Waals surface area contributed by atoms with Gasteiger partial charge in [0.05, 0.1) is 4.75 Å². The van der Waals surface area contributed by atoms with Gasteiger partial charge in [-0.25, -0.2) is 4.79 Å². The van der Waals surface area contributed by atoms with Crippen LogP contribution in [0.25, 0.3) is 0 Å². The smallest absolute Gasteiger partial charge is 0.361 e. The van der Waals surface area contributed by atoms with E-state index in [2.05, 4.69) is 5.32 Å². The van der Waals surface area contributed by atoms with Crippen LogP contribution in [-0.2, 0) is 50.2 Å². The van der Waals surface area contributed by atoms with Crippen molar-refractivity contribution >= 4 is 63.2 Å². The van der Waals surface area contributed by atoms with E-state index in [9.17, 15) is 36.9 Å². The normalized spacial score (nSPS) is 22.5. The van der Waals surface area contributed by atoms with E-state index in [-0.39, 0.29) is 12.4 Å². The van der Waals surface area contributed by atoms with Crippen LogP contribution in [0.3, 0.4) is 0 Å². The number of rotatable bonds is 10. The molecule has 2 aromatic carbocycles. The van der Waals surface area contributed by atoms with Gasteiger partial charge in [-0.2, -0.15) is 8.42 Å². The Hall–Kier alpha value is -3.70. The van der Waals surface area contributed by atoms with Gasteiger partial charge in [-0.15, -0.1) is 11.8 Å². The monoisotopic (exact) mass is 684 g/mol. The largest absolute Gasteiger partial charge is 0.457 e. The van der Waals surface area contributed by atoms with Gasteiger partial charge in [-0.05, 0) is 25.5 Å². The Morgan fingerprint density at radius 2 is 1.64 bits per heavy atom. The molecule has 0 bridgehead atoms. The molecule has 2 fully saturated rings. The van der Waals surface area contributed by atoms with Crippen molar-refractivity contribution in [3.63, 3.8) is 0 Å². The first-order chi connectivity index (χ1) is 20.9. The van der Waals surface area contributed by atoms with Crippen LogP contribution in [0.4, 0.5) is 0 Å².